The van der Waals surface area contributed by atoms with Gasteiger partial charge in [-0.05, 0) is 68.8 Å². The van der Waals surface area contributed by atoms with Gasteiger partial charge in [0.25, 0.3) is 11.8 Å². The first kappa shape index (κ1) is 22.3. The van der Waals surface area contributed by atoms with Crippen molar-refractivity contribution in [3.05, 3.63) is 89.5 Å². The van der Waals surface area contributed by atoms with Gasteiger partial charge in [-0.25, -0.2) is 0 Å². The first-order valence-corrected chi connectivity index (χ1v) is 11.0. The highest BCUT2D eigenvalue weighted by atomic mass is 16.5. The first-order chi connectivity index (χ1) is 15.9. The molecule has 3 aromatic rings. The average molecular weight is 443 g/mol. The molecule has 1 N–H and O–H groups in total. The van der Waals surface area contributed by atoms with E-state index in [1.807, 2.05) is 38.1 Å². The number of Topliss-reactive ketones (excluding diaryl/α,β-unsaturated/α-hetero) is 1. The fourth-order valence-corrected chi connectivity index (χ4v) is 3.87. The van der Waals surface area contributed by atoms with E-state index in [0.29, 0.717) is 53.2 Å². The maximum Gasteiger partial charge on any atom is 0.259 e. The number of carbonyl (C=O) groups is 3. The van der Waals surface area contributed by atoms with Crippen molar-refractivity contribution >= 4 is 29.0 Å². The molecule has 1 heterocycles. The second-order valence-electron chi connectivity index (χ2n) is 8.19. The number of hydrogen-bond acceptors (Lipinski definition) is 4. The summed E-state index contributed by atoms with van der Waals surface area (Å²) >= 11 is 0. The molecule has 6 heteroatoms. The van der Waals surface area contributed by atoms with Crippen LogP contribution >= 0.6 is 0 Å². The van der Waals surface area contributed by atoms with E-state index in [1.165, 1.54) is 0 Å². The van der Waals surface area contributed by atoms with E-state index >= 15 is 0 Å². The monoisotopic (exact) mass is 442 g/mol. The van der Waals surface area contributed by atoms with E-state index in [-0.39, 0.29) is 23.7 Å². The zero-order valence-corrected chi connectivity index (χ0v) is 18.7. The van der Waals surface area contributed by atoms with Gasteiger partial charge >= 0.3 is 0 Å². The van der Waals surface area contributed by atoms with Crippen LogP contribution in [0.1, 0.15) is 57.8 Å². The highest BCUT2D eigenvalue weighted by molar-refractivity contribution is 6.12. The minimum atomic E-state index is -0.287. The summed E-state index contributed by atoms with van der Waals surface area (Å²) in [4.78, 5) is 40.1. The van der Waals surface area contributed by atoms with Crippen molar-refractivity contribution in [1.29, 1.82) is 0 Å². The molecule has 33 heavy (non-hydrogen) atoms. The van der Waals surface area contributed by atoms with Gasteiger partial charge in [-0.1, -0.05) is 24.3 Å². The van der Waals surface area contributed by atoms with Crippen LogP contribution in [0, 0.1) is 0 Å². The highest BCUT2D eigenvalue weighted by Gasteiger charge is 2.25. The van der Waals surface area contributed by atoms with Gasteiger partial charge in [-0.2, -0.15) is 0 Å². The van der Waals surface area contributed by atoms with E-state index in [9.17, 15) is 14.4 Å². The summed E-state index contributed by atoms with van der Waals surface area (Å²) in [7, 11) is 0. The van der Waals surface area contributed by atoms with Crippen LogP contribution < -0.4 is 15.0 Å². The molecule has 4 rings (SSSR count). The van der Waals surface area contributed by atoms with Crippen molar-refractivity contribution in [3.8, 4) is 5.75 Å². The number of nitrogens with one attached hydrogen (secondary N) is 1. The number of rotatable bonds is 5. The summed E-state index contributed by atoms with van der Waals surface area (Å²) in [6, 6.07) is 21.1. The molecule has 0 fully saturated rings. The van der Waals surface area contributed by atoms with Crippen LogP contribution in [0.4, 0.5) is 11.4 Å². The van der Waals surface area contributed by atoms with Crippen molar-refractivity contribution in [2.45, 2.75) is 32.8 Å². The number of anilines is 2. The van der Waals surface area contributed by atoms with Crippen molar-refractivity contribution < 1.29 is 19.1 Å². The van der Waals surface area contributed by atoms with Crippen LogP contribution in [0.5, 0.6) is 5.75 Å². The zero-order chi connectivity index (χ0) is 23.4. The number of nitrogens with zero attached hydrogens (tertiary/aromatic N) is 1. The van der Waals surface area contributed by atoms with E-state index < -0.39 is 0 Å². The number of benzene rings is 3. The Kier molecular flexibility index (Phi) is 6.54. The van der Waals surface area contributed by atoms with E-state index in [1.54, 1.807) is 53.4 Å². The third-order valence-corrected chi connectivity index (χ3v) is 5.41. The van der Waals surface area contributed by atoms with Gasteiger partial charge in [0.1, 0.15) is 5.75 Å². The Balaban J connectivity index is 1.51. The summed E-state index contributed by atoms with van der Waals surface area (Å²) < 4.78 is 5.73. The number of ether oxygens (including phenoxy) is 1. The Labute approximate surface area is 193 Å². The highest BCUT2D eigenvalue weighted by Crippen LogP contribution is 2.28. The summed E-state index contributed by atoms with van der Waals surface area (Å²) in [6.45, 7) is 4.29. The summed E-state index contributed by atoms with van der Waals surface area (Å²) in [5.74, 6) is 0.114. The topological polar surface area (TPSA) is 75.7 Å². The van der Waals surface area contributed by atoms with Crippen LogP contribution in [0.3, 0.4) is 0 Å². The third kappa shape index (κ3) is 4.95. The van der Waals surface area contributed by atoms with Crippen LogP contribution in [0.25, 0.3) is 0 Å². The number of carbonyl (C=O) groups excluding carboxylic acids is 3. The predicted molar refractivity (Wildman–Crippen MR) is 128 cm³/mol. The minimum absolute atomic E-state index is 0.0522. The fourth-order valence-electron chi connectivity index (χ4n) is 3.87. The van der Waals surface area contributed by atoms with E-state index in [2.05, 4.69) is 5.32 Å². The lowest BCUT2D eigenvalue weighted by Gasteiger charge is -2.22. The summed E-state index contributed by atoms with van der Waals surface area (Å²) in [5, 5.41) is 2.86. The molecule has 0 unspecified atom stereocenters. The lowest BCUT2D eigenvalue weighted by atomic mass is 10.1. The van der Waals surface area contributed by atoms with Crippen LogP contribution in [0.15, 0.2) is 72.8 Å². The normalized spacial score (nSPS) is 13.3. The molecular weight excluding hydrogens is 416 g/mol. The molecule has 1 aliphatic rings. The molecule has 0 bridgehead atoms. The van der Waals surface area contributed by atoms with Crippen molar-refractivity contribution in [2.75, 3.05) is 16.8 Å². The molecule has 0 radical (unpaired) electrons. The predicted octanol–water partition coefficient (Wildman–Crippen LogP) is 5.35. The molecule has 0 spiro atoms. The Morgan fingerprint density at radius 2 is 1.64 bits per heavy atom. The van der Waals surface area contributed by atoms with Crippen LogP contribution in [-0.2, 0) is 0 Å². The number of fused-ring (bicyclic) bond motifs is 1. The summed E-state index contributed by atoms with van der Waals surface area (Å²) in [6.07, 6.45) is 0.989. The molecular formula is C27H26N2O4. The third-order valence-electron chi connectivity index (χ3n) is 5.41. The SMILES string of the molecule is CC(C)Oc1ccccc1C(=O)Nc1ccc(C(=O)N2CCCC(=O)c3ccccc32)cc1. The minimum Gasteiger partial charge on any atom is -0.490 e. The second-order valence-corrected chi connectivity index (χ2v) is 8.19. The van der Waals surface area contributed by atoms with Gasteiger partial charge in [0, 0.05) is 29.8 Å². The number of para-hydroxylation sites is 2. The molecule has 0 aliphatic carbocycles. The van der Waals surface area contributed by atoms with Crippen molar-refractivity contribution in [1.82, 2.24) is 0 Å². The lowest BCUT2D eigenvalue weighted by Crippen LogP contribution is -2.31. The smallest absolute Gasteiger partial charge is 0.259 e. The molecule has 2 amide bonds. The van der Waals surface area contributed by atoms with Crippen LogP contribution in [-0.4, -0.2) is 30.2 Å². The molecule has 0 atom stereocenters. The zero-order valence-electron chi connectivity index (χ0n) is 18.7. The Hall–Kier alpha value is -3.93. The quantitative estimate of drug-likeness (QED) is 0.578. The number of ketones is 1. The van der Waals surface area contributed by atoms with Crippen molar-refractivity contribution in [3.63, 3.8) is 0 Å². The van der Waals surface area contributed by atoms with E-state index in [0.717, 1.165) is 0 Å². The molecule has 3 aromatic carbocycles. The maximum atomic E-state index is 13.2. The number of hydrogen-bond donors (Lipinski definition) is 1. The fraction of sp³-hybridized carbons (Fsp3) is 0.222. The van der Waals surface area contributed by atoms with Gasteiger partial charge in [0.15, 0.2) is 5.78 Å². The Morgan fingerprint density at radius 1 is 0.939 bits per heavy atom. The number of amides is 2. The lowest BCUT2D eigenvalue weighted by molar-refractivity contribution is 0.0973. The van der Waals surface area contributed by atoms with Gasteiger partial charge in [0.05, 0.1) is 17.4 Å². The Morgan fingerprint density at radius 3 is 2.39 bits per heavy atom. The first-order valence-electron chi connectivity index (χ1n) is 11.0. The van der Waals surface area contributed by atoms with Gasteiger partial charge in [0.2, 0.25) is 0 Å². The molecule has 0 saturated carbocycles. The van der Waals surface area contributed by atoms with Crippen LogP contribution in [0.2, 0.25) is 0 Å². The van der Waals surface area contributed by atoms with Gasteiger partial charge in [-0.3, -0.25) is 14.4 Å². The largest absolute Gasteiger partial charge is 0.490 e. The molecule has 0 aromatic heterocycles. The average Bonchev–Trinajstić information content (AvgIpc) is 2.98. The molecule has 1 aliphatic heterocycles. The molecule has 6 nitrogen and oxygen atoms in total. The maximum absolute atomic E-state index is 13.2. The van der Waals surface area contributed by atoms with E-state index in [4.69, 9.17) is 4.74 Å². The van der Waals surface area contributed by atoms with Gasteiger partial charge < -0.3 is 15.0 Å². The van der Waals surface area contributed by atoms with Gasteiger partial charge in [-0.15, -0.1) is 0 Å². The standard InChI is InChI=1S/C27H26N2O4/c1-18(2)33-25-12-6-4-9-22(25)26(31)28-20-15-13-19(14-16-20)27(32)29-17-7-11-24(30)21-8-3-5-10-23(21)29/h3-6,8-10,12-16,18H,7,11,17H2,1-2H3,(H,28,31). The molecule has 168 valence electrons. The second kappa shape index (κ2) is 9.69. The summed E-state index contributed by atoms with van der Waals surface area (Å²) in [5.41, 5.74) is 2.72. The van der Waals surface area contributed by atoms with Crippen molar-refractivity contribution in [2.24, 2.45) is 0 Å². The Bertz CT molecular complexity index is 1180. The molecule has 0 saturated heterocycles.